The van der Waals surface area contributed by atoms with Gasteiger partial charge in [-0.2, -0.15) is 4.31 Å². The van der Waals surface area contributed by atoms with Gasteiger partial charge in [-0.05, 0) is 65.2 Å². The van der Waals surface area contributed by atoms with Crippen molar-refractivity contribution >= 4 is 16.1 Å². The highest BCUT2D eigenvalue weighted by atomic mass is 32.2. The van der Waals surface area contributed by atoms with Crippen molar-refractivity contribution in [2.75, 3.05) is 18.8 Å². The van der Waals surface area contributed by atoms with Gasteiger partial charge in [-0.15, -0.1) is 0 Å². The smallest absolute Gasteiger partial charge is 0.410 e. The quantitative estimate of drug-likeness (QED) is 0.765. The van der Waals surface area contributed by atoms with Crippen molar-refractivity contribution in [2.24, 2.45) is 11.7 Å². The number of nitrogens with zero attached hydrogens (tertiary/aromatic N) is 2. The van der Waals surface area contributed by atoms with Crippen molar-refractivity contribution < 1.29 is 17.9 Å². The predicted octanol–water partition coefficient (Wildman–Crippen LogP) is 2.70. The highest BCUT2D eigenvalue weighted by Gasteiger charge is 2.44. The van der Waals surface area contributed by atoms with Crippen LogP contribution in [0.5, 0.6) is 0 Å². The lowest BCUT2D eigenvalue weighted by molar-refractivity contribution is -0.00402. The number of ether oxygens (including phenoxy) is 1. The summed E-state index contributed by atoms with van der Waals surface area (Å²) in [5.41, 5.74) is 5.74. The number of sulfonamides is 1. The summed E-state index contributed by atoms with van der Waals surface area (Å²) in [5, 5.41) is 0. The minimum Gasteiger partial charge on any atom is -0.444 e. The first-order valence-corrected chi connectivity index (χ1v) is 12.4. The van der Waals surface area contributed by atoms with Crippen molar-refractivity contribution in [2.45, 2.75) is 95.9 Å². The predicted molar refractivity (Wildman–Crippen MR) is 109 cm³/mol. The molecule has 5 atom stereocenters. The van der Waals surface area contributed by atoms with Crippen molar-refractivity contribution in [3.05, 3.63) is 0 Å². The van der Waals surface area contributed by atoms with E-state index in [4.69, 9.17) is 10.5 Å². The summed E-state index contributed by atoms with van der Waals surface area (Å²) in [6.07, 6.45) is 7.22. The van der Waals surface area contributed by atoms with Gasteiger partial charge >= 0.3 is 6.09 Å². The molecule has 3 aliphatic rings. The maximum Gasteiger partial charge on any atom is 0.410 e. The molecule has 3 rings (SSSR count). The lowest BCUT2D eigenvalue weighted by Gasteiger charge is -2.44. The molecule has 162 valence electrons. The van der Waals surface area contributed by atoms with Crippen LogP contribution < -0.4 is 5.73 Å². The highest BCUT2D eigenvalue weighted by molar-refractivity contribution is 7.89. The number of carbonyl (C=O) groups is 1. The SMILES string of the molecule is CC(C)(C)OC(=O)N1C[C@H](CC[C@H]2CCCC[C@@H]2N)N2C[C@H]1CCCS2(=O)=O. The number of hydrogen-bond donors (Lipinski definition) is 1. The second-order valence-electron chi connectivity index (χ2n) is 9.75. The number of nitrogens with two attached hydrogens (primary N) is 1. The number of fused-ring (bicyclic) bond motifs is 2. The fourth-order valence-electron chi connectivity index (χ4n) is 4.91. The highest BCUT2D eigenvalue weighted by Crippen LogP contribution is 2.32. The second-order valence-corrected chi connectivity index (χ2v) is 11.8. The Bertz CT molecular complexity index is 661. The molecular formula is C20H37N3O4S. The summed E-state index contributed by atoms with van der Waals surface area (Å²) in [6.45, 7) is 6.39. The van der Waals surface area contributed by atoms with Gasteiger partial charge < -0.3 is 15.4 Å². The summed E-state index contributed by atoms with van der Waals surface area (Å²) in [4.78, 5) is 14.6. The van der Waals surface area contributed by atoms with E-state index in [1.165, 1.54) is 12.8 Å². The molecule has 2 N–H and O–H groups in total. The Morgan fingerprint density at radius 2 is 1.79 bits per heavy atom. The first-order valence-electron chi connectivity index (χ1n) is 10.8. The molecule has 2 saturated heterocycles. The number of piperazine rings is 1. The van der Waals surface area contributed by atoms with Crippen LogP contribution in [0.2, 0.25) is 0 Å². The molecule has 7 nitrogen and oxygen atoms in total. The average Bonchev–Trinajstić information content (AvgIpc) is 2.71. The summed E-state index contributed by atoms with van der Waals surface area (Å²) < 4.78 is 32.9. The molecule has 0 aromatic rings. The topological polar surface area (TPSA) is 92.9 Å². The zero-order chi connectivity index (χ0) is 20.5. The lowest BCUT2D eigenvalue weighted by Crippen LogP contribution is -2.60. The summed E-state index contributed by atoms with van der Waals surface area (Å²) in [7, 11) is -3.27. The second kappa shape index (κ2) is 8.48. The molecule has 2 heterocycles. The third-order valence-corrected chi connectivity index (χ3v) is 8.38. The third-order valence-electron chi connectivity index (χ3n) is 6.41. The van der Waals surface area contributed by atoms with Crippen LogP contribution in [-0.2, 0) is 14.8 Å². The van der Waals surface area contributed by atoms with Crippen molar-refractivity contribution in [1.82, 2.24) is 9.21 Å². The minimum absolute atomic E-state index is 0.0969. The molecule has 0 radical (unpaired) electrons. The Labute approximate surface area is 170 Å². The van der Waals surface area contributed by atoms with E-state index in [1.54, 1.807) is 9.21 Å². The van der Waals surface area contributed by atoms with Crippen molar-refractivity contribution in [3.63, 3.8) is 0 Å². The molecule has 0 aromatic carbocycles. The van der Waals surface area contributed by atoms with Gasteiger partial charge in [0, 0.05) is 31.2 Å². The maximum atomic E-state index is 12.8. The minimum atomic E-state index is -3.27. The fraction of sp³-hybridized carbons (Fsp3) is 0.950. The largest absolute Gasteiger partial charge is 0.444 e. The van der Waals surface area contributed by atoms with E-state index in [-0.39, 0.29) is 30.0 Å². The number of hydrogen-bond acceptors (Lipinski definition) is 5. The first kappa shape index (κ1) is 21.8. The van der Waals surface area contributed by atoms with Gasteiger partial charge in [-0.1, -0.05) is 12.8 Å². The van der Waals surface area contributed by atoms with Gasteiger partial charge in [0.15, 0.2) is 0 Å². The van der Waals surface area contributed by atoms with Gasteiger partial charge in [0.1, 0.15) is 5.60 Å². The van der Waals surface area contributed by atoms with Crippen LogP contribution in [0.3, 0.4) is 0 Å². The van der Waals surface area contributed by atoms with E-state index in [1.807, 2.05) is 20.8 Å². The summed E-state index contributed by atoms with van der Waals surface area (Å²) in [5.74, 6) is 0.626. The molecule has 28 heavy (non-hydrogen) atoms. The van der Waals surface area contributed by atoms with Crippen molar-refractivity contribution in [3.8, 4) is 0 Å². The molecule has 3 fully saturated rings. The average molecular weight is 416 g/mol. The van der Waals surface area contributed by atoms with Crippen LogP contribution in [0, 0.1) is 5.92 Å². The Morgan fingerprint density at radius 1 is 1.07 bits per heavy atom. The Kier molecular flexibility index (Phi) is 6.61. The zero-order valence-electron chi connectivity index (χ0n) is 17.6. The fourth-order valence-corrected chi connectivity index (χ4v) is 6.70. The molecule has 1 saturated carbocycles. The van der Waals surface area contributed by atoms with Crippen LogP contribution in [0.4, 0.5) is 4.79 Å². The number of rotatable bonds is 3. The van der Waals surface area contributed by atoms with Gasteiger partial charge in [0.2, 0.25) is 10.0 Å². The summed E-state index contributed by atoms with van der Waals surface area (Å²) in [6, 6.07) is -0.0610. The Morgan fingerprint density at radius 3 is 2.46 bits per heavy atom. The molecule has 1 aliphatic carbocycles. The molecule has 0 aromatic heterocycles. The Hall–Kier alpha value is -0.860. The van der Waals surface area contributed by atoms with Crippen LogP contribution in [-0.4, -0.2) is 66.3 Å². The Balaban J connectivity index is 1.74. The maximum absolute atomic E-state index is 12.8. The third kappa shape index (κ3) is 5.19. The van der Waals surface area contributed by atoms with E-state index < -0.39 is 15.6 Å². The molecule has 2 aliphatic heterocycles. The molecule has 8 heteroatoms. The summed E-state index contributed by atoms with van der Waals surface area (Å²) >= 11 is 0. The van der Waals surface area contributed by atoms with Crippen LogP contribution in [0.1, 0.15) is 72.1 Å². The standard InChI is InChI=1S/C20H37N3O4S/c1-20(2,3)27-19(24)22-13-17(11-10-15-7-4-5-9-18(15)21)23-14-16(22)8-6-12-28(23,25)26/h15-18H,4-14,21H2,1-3H3/t15-,16-,17+,18+/m1/s1. The normalized spacial score (nSPS) is 35.9. The molecule has 1 unspecified atom stereocenters. The van der Waals surface area contributed by atoms with Gasteiger partial charge in [0.25, 0.3) is 0 Å². The van der Waals surface area contributed by atoms with Gasteiger partial charge in [-0.3, -0.25) is 0 Å². The molecule has 2 bridgehead atoms. The van der Waals surface area contributed by atoms with E-state index in [2.05, 4.69) is 0 Å². The van der Waals surface area contributed by atoms with E-state index in [0.29, 0.717) is 31.8 Å². The van der Waals surface area contributed by atoms with Crippen LogP contribution in [0.15, 0.2) is 0 Å². The molecule has 1 amide bonds. The molecular weight excluding hydrogens is 378 g/mol. The van der Waals surface area contributed by atoms with Gasteiger partial charge in [-0.25, -0.2) is 13.2 Å². The van der Waals surface area contributed by atoms with Gasteiger partial charge in [0.05, 0.1) is 5.75 Å². The van der Waals surface area contributed by atoms with Crippen LogP contribution >= 0.6 is 0 Å². The van der Waals surface area contributed by atoms with E-state index in [9.17, 15) is 13.2 Å². The van der Waals surface area contributed by atoms with E-state index >= 15 is 0 Å². The number of carbonyl (C=O) groups excluding carboxylic acids is 1. The first-order chi connectivity index (χ1) is 13.1. The van der Waals surface area contributed by atoms with Crippen molar-refractivity contribution in [1.29, 1.82) is 0 Å². The zero-order valence-corrected chi connectivity index (χ0v) is 18.4. The molecule has 0 spiro atoms. The number of amides is 1. The lowest BCUT2D eigenvalue weighted by atomic mass is 9.81. The van der Waals surface area contributed by atoms with Crippen LogP contribution in [0.25, 0.3) is 0 Å². The van der Waals surface area contributed by atoms with E-state index in [0.717, 1.165) is 25.7 Å². The monoisotopic (exact) mass is 415 g/mol.